The number of hydrogen-bond acceptors (Lipinski definition) is 6. The average molecular weight is 642 g/mol. The molecule has 0 spiro atoms. The van der Waals surface area contributed by atoms with Gasteiger partial charge in [0.25, 0.3) is 0 Å². The number of imidazole rings is 1. The monoisotopic (exact) mass is 641 g/mol. The van der Waals surface area contributed by atoms with Crippen LogP contribution >= 0.6 is 0 Å². The Bertz CT molecular complexity index is 1920. The number of nitrogens with zero attached hydrogens (tertiary/aromatic N) is 5. The molecule has 2 atom stereocenters. The van der Waals surface area contributed by atoms with Crippen LogP contribution in [0.5, 0.6) is 0 Å². The Labute approximate surface area is 276 Å². The van der Waals surface area contributed by atoms with Crippen molar-refractivity contribution in [1.29, 1.82) is 0 Å². The molecule has 1 aliphatic rings. The fourth-order valence-corrected chi connectivity index (χ4v) is 6.57. The number of halogens is 1. The summed E-state index contributed by atoms with van der Waals surface area (Å²) in [6.07, 6.45) is 4.00. The predicted octanol–water partition coefficient (Wildman–Crippen LogP) is 5.89. The van der Waals surface area contributed by atoms with Gasteiger partial charge in [0.1, 0.15) is 23.7 Å². The van der Waals surface area contributed by atoms with Crippen LogP contribution < -0.4 is 10.2 Å². The zero-order valence-electron chi connectivity index (χ0n) is 26.0. The van der Waals surface area contributed by atoms with Gasteiger partial charge in [0.15, 0.2) is 0 Å². The Morgan fingerprint density at radius 3 is 2.15 bits per heavy atom. The van der Waals surface area contributed by atoms with Gasteiger partial charge in [0.05, 0.1) is 48.6 Å². The molecule has 1 saturated heterocycles. The van der Waals surface area contributed by atoms with Crippen LogP contribution in [0.1, 0.15) is 35.3 Å². The minimum atomic E-state index is -0.826. The zero-order valence-corrected chi connectivity index (χ0v) is 26.0. The molecule has 4 aromatic carbocycles. The lowest BCUT2D eigenvalue weighted by atomic mass is 9.64. The Balaban J connectivity index is 1.32. The lowest BCUT2D eigenvalue weighted by molar-refractivity contribution is -0.119. The van der Waals surface area contributed by atoms with Crippen molar-refractivity contribution < 1.29 is 18.7 Å². The number of H-pyrrole nitrogens is 1. The molecule has 1 unspecified atom stereocenters. The van der Waals surface area contributed by atoms with Crippen LogP contribution in [-0.4, -0.2) is 56.2 Å². The van der Waals surface area contributed by atoms with Gasteiger partial charge in [-0.2, -0.15) is 0 Å². The van der Waals surface area contributed by atoms with Crippen LogP contribution in [0.2, 0.25) is 0 Å². The van der Waals surface area contributed by atoms with Crippen molar-refractivity contribution in [3.05, 3.63) is 156 Å². The van der Waals surface area contributed by atoms with Crippen molar-refractivity contribution in [2.24, 2.45) is 0 Å². The maximum atomic E-state index is 15.9. The van der Waals surface area contributed by atoms with Crippen molar-refractivity contribution >= 4 is 17.7 Å². The number of carbonyl (C=O) groups excluding carboxylic acids is 2. The molecule has 2 N–H and O–H groups in total. The van der Waals surface area contributed by atoms with E-state index in [2.05, 4.69) is 62.0 Å². The maximum absolute atomic E-state index is 15.9. The Morgan fingerprint density at radius 1 is 0.979 bits per heavy atom. The number of aromatic amines is 1. The molecule has 0 aliphatic carbocycles. The van der Waals surface area contributed by atoms with Gasteiger partial charge < -0.3 is 15.0 Å². The van der Waals surface area contributed by atoms with Gasteiger partial charge in [-0.15, -0.1) is 5.10 Å². The van der Waals surface area contributed by atoms with E-state index < -0.39 is 29.5 Å². The summed E-state index contributed by atoms with van der Waals surface area (Å²) in [7, 11) is 0. The highest BCUT2D eigenvalue weighted by molar-refractivity contribution is 5.90. The van der Waals surface area contributed by atoms with Crippen molar-refractivity contribution in [3.63, 3.8) is 0 Å². The SMILES string of the molecule is CC(=O)NC[C@H]1CN(c2ccc(-c3cn(C(c4cnc[nH]4)C(c4ccccc4)(c4ccccc4)c4ccccc4)nn3)c(F)c2)C(=O)O1. The summed E-state index contributed by atoms with van der Waals surface area (Å²) in [5, 5.41) is 11.7. The number of nitrogens with one attached hydrogen (secondary N) is 2. The Kier molecular flexibility index (Phi) is 8.24. The van der Waals surface area contributed by atoms with Crippen molar-refractivity contribution in [2.75, 3.05) is 18.0 Å². The predicted molar refractivity (Wildman–Crippen MR) is 178 cm³/mol. The number of hydrogen-bond donors (Lipinski definition) is 2. The zero-order chi connectivity index (χ0) is 33.1. The van der Waals surface area contributed by atoms with Gasteiger partial charge in [0, 0.05) is 12.5 Å². The highest BCUT2D eigenvalue weighted by atomic mass is 19.1. The number of anilines is 1. The summed E-state index contributed by atoms with van der Waals surface area (Å²) in [6, 6.07) is 34.6. The molecule has 1 fully saturated rings. The first kappa shape index (κ1) is 30.5. The molecular formula is C37H32FN7O3. The molecule has 0 bridgehead atoms. The fourth-order valence-electron chi connectivity index (χ4n) is 6.57. The van der Waals surface area contributed by atoms with E-state index in [1.54, 1.807) is 35.5 Å². The average Bonchev–Trinajstić information content (AvgIpc) is 3.90. The largest absolute Gasteiger partial charge is 0.442 e. The molecule has 1 aliphatic heterocycles. The standard InChI is InChI=1S/C37H32FN7O3/c1-25(46)40-20-30-22-44(36(47)48-30)29-17-18-31(32(38)19-29)34-23-45(43-42-34)35(33-21-39-24-41-33)37(26-11-5-2-6-12-26,27-13-7-3-8-14-27)28-15-9-4-10-16-28/h2-19,21,23-24,30,35H,20,22H2,1H3,(H,39,41)(H,40,46)/t30-,35?/m0/s1. The second-order valence-electron chi connectivity index (χ2n) is 11.6. The summed E-state index contributed by atoms with van der Waals surface area (Å²) in [5.41, 5.74) is 3.88. The van der Waals surface area contributed by atoms with E-state index in [4.69, 9.17) is 4.74 Å². The number of aromatic nitrogens is 5. The molecule has 7 rings (SSSR count). The topological polar surface area (TPSA) is 118 Å². The molecule has 11 heteroatoms. The first-order chi connectivity index (χ1) is 23.4. The smallest absolute Gasteiger partial charge is 0.414 e. The number of benzene rings is 4. The minimum absolute atomic E-state index is 0.176. The van der Waals surface area contributed by atoms with Gasteiger partial charge in [-0.3, -0.25) is 9.69 Å². The quantitative estimate of drug-likeness (QED) is 0.180. The maximum Gasteiger partial charge on any atom is 0.414 e. The van der Waals surface area contributed by atoms with Crippen LogP contribution in [0.3, 0.4) is 0 Å². The number of carbonyl (C=O) groups is 2. The first-order valence-corrected chi connectivity index (χ1v) is 15.5. The molecule has 240 valence electrons. The lowest BCUT2D eigenvalue weighted by Crippen LogP contribution is -2.40. The summed E-state index contributed by atoms with van der Waals surface area (Å²) >= 11 is 0. The van der Waals surface area contributed by atoms with Crippen LogP contribution in [0, 0.1) is 5.82 Å². The van der Waals surface area contributed by atoms with E-state index in [1.807, 2.05) is 54.6 Å². The van der Waals surface area contributed by atoms with Crippen molar-refractivity contribution in [2.45, 2.75) is 24.5 Å². The third-order valence-electron chi connectivity index (χ3n) is 8.68. The van der Waals surface area contributed by atoms with E-state index >= 15 is 4.39 Å². The normalized spacial score (nSPS) is 15.2. The van der Waals surface area contributed by atoms with Crippen molar-refractivity contribution in [3.8, 4) is 11.3 Å². The highest BCUT2D eigenvalue weighted by Crippen LogP contribution is 2.50. The van der Waals surface area contributed by atoms with E-state index in [-0.39, 0.29) is 24.6 Å². The number of cyclic esters (lactones) is 1. The Morgan fingerprint density at radius 2 is 1.60 bits per heavy atom. The molecule has 48 heavy (non-hydrogen) atoms. The summed E-state index contributed by atoms with van der Waals surface area (Å²) in [4.78, 5) is 32.9. The second-order valence-corrected chi connectivity index (χ2v) is 11.6. The molecule has 3 heterocycles. The molecule has 2 amide bonds. The van der Waals surface area contributed by atoms with E-state index in [0.717, 1.165) is 22.4 Å². The summed E-state index contributed by atoms with van der Waals surface area (Å²) in [6.45, 7) is 1.75. The van der Waals surface area contributed by atoms with Crippen LogP contribution in [0.25, 0.3) is 11.3 Å². The van der Waals surface area contributed by atoms with Crippen LogP contribution in [0.15, 0.2) is 128 Å². The van der Waals surface area contributed by atoms with Crippen LogP contribution in [0.4, 0.5) is 14.9 Å². The molecule has 0 radical (unpaired) electrons. The lowest BCUT2D eigenvalue weighted by Gasteiger charge is -2.42. The van der Waals surface area contributed by atoms with Gasteiger partial charge in [-0.25, -0.2) is 18.9 Å². The molecule has 6 aromatic rings. The van der Waals surface area contributed by atoms with E-state index in [9.17, 15) is 9.59 Å². The van der Waals surface area contributed by atoms with Crippen molar-refractivity contribution in [1.82, 2.24) is 30.3 Å². The first-order valence-electron chi connectivity index (χ1n) is 15.5. The number of amides is 2. The van der Waals surface area contributed by atoms with Crippen LogP contribution in [-0.2, 0) is 14.9 Å². The third-order valence-corrected chi connectivity index (χ3v) is 8.68. The van der Waals surface area contributed by atoms with E-state index in [1.165, 1.54) is 17.9 Å². The molecule has 2 aromatic heterocycles. The number of rotatable bonds is 10. The van der Waals surface area contributed by atoms with Gasteiger partial charge >= 0.3 is 6.09 Å². The highest BCUT2D eigenvalue weighted by Gasteiger charge is 2.47. The molecule has 10 nitrogen and oxygen atoms in total. The minimum Gasteiger partial charge on any atom is -0.442 e. The van der Waals surface area contributed by atoms with Gasteiger partial charge in [0.2, 0.25) is 5.91 Å². The number of ether oxygens (including phenoxy) is 1. The fraction of sp³-hybridized carbons (Fsp3) is 0.162. The third kappa shape index (κ3) is 5.59. The summed E-state index contributed by atoms with van der Waals surface area (Å²) < 4.78 is 23.0. The van der Waals surface area contributed by atoms with Gasteiger partial charge in [-0.1, -0.05) is 96.2 Å². The molecular weight excluding hydrogens is 609 g/mol. The van der Waals surface area contributed by atoms with E-state index in [0.29, 0.717) is 11.4 Å². The molecule has 0 saturated carbocycles. The van der Waals surface area contributed by atoms with Gasteiger partial charge in [-0.05, 0) is 34.9 Å². The Hall–Kier alpha value is -6.10. The second kappa shape index (κ2) is 13.0. The summed E-state index contributed by atoms with van der Waals surface area (Å²) in [5.74, 6) is -0.799.